The smallest absolute Gasteiger partial charge is 0.228 e. The van der Waals surface area contributed by atoms with Crippen LogP contribution in [0.2, 0.25) is 5.02 Å². The topological polar surface area (TPSA) is 53.1 Å². The fourth-order valence-corrected chi connectivity index (χ4v) is 5.52. The Kier molecular flexibility index (Phi) is 7.33. The van der Waals surface area contributed by atoms with Crippen LogP contribution in [-0.2, 0) is 9.59 Å². The molecule has 192 valence electrons. The van der Waals surface area contributed by atoms with Gasteiger partial charge in [-0.1, -0.05) is 29.8 Å². The second-order valence-corrected chi connectivity index (χ2v) is 9.83. The van der Waals surface area contributed by atoms with Crippen molar-refractivity contribution in [2.24, 2.45) is 5.92 Å². The predicted molar refractivity (Wildman–Crippen MR) is 143 cm³/mol. The van der Waals surface area contributed by atoms with Crippen LogP contribution in [0.1, 0.15) is 24.4 Å². The van der Waals surface area contributed by atoms with Crippen LogP contribution in [0, 0.1) is 11.7 Å². The van der Waals surface area contributed by atoms with Crippen molar-refractivity contribution in [2.75, 3.05) is 43.1 Å². The quantitative estimate of drug-likeness (QED) is 0.456. The molecule has 5 rings (SSSR count). The lowest BCUT2D eigenvalue weighted by atomic mass is 9.82. The highest BCUT2D eigenvalue weighted by Gasteiger charge is 2.43. The first kappa shape index (κ1) is 25.1. The zero-order valence-corrected chi connectivity index (χ0v) is 21.4. The molecule has 8 heteroatoms. The van der Waals surface area contributed by atoms with E-state index in [4.69, 9.17) is 16.3 Å². The highest BCUT2D eigenvalue weighted by atomic mass is 35.5. The monoisotopic (exact) mass is 521 g/mol. The number of piperazine rings is 1. The Morgan fingerprint density at radius 1 is 0.946 bits per heavy atom. The van der Waals surface area contributed by atoms with E-state index in [1.54, 1.807) is 36.3 Å². The van der Waals surface area contributed by atoms with E-state index in [0.29, 0.717) is 49.1 Å². The third-order valence-electron chi connectivity index (χ3n) is 7.24. The fraction of sp³-hybridized carbons (Fsp3) is 0.310. The molecular weight excluding hydrogens is 493 g/mol. The van der Waals surface area contributed by atoms with Gasteiger partial charge in [0.25, 0.3) is 0 Å². The molecule has 0 bridgehead atoms. The number of amides is 2. The summed E-state index contributed by atoms with van der Waals surface area (Å²) in [4.78, 5) is 33.0. The van der Waals surface area contributed by atoms with Gasteiger partial charge in [-0.25, -0.2) is 4.39 Å². The highest BCUT2D eigenvalue weighted by molar-refractivity contribution is 6.30. The molecule has 0 N–H and O–H groups in total. The number of piperidine rings is 1. The third-order valence-corrected chi connectivity index (χ3v) is 7.48. The van der Waals surface area contributed by atoms with E-state index in [1.807, 2.05) is 41.3 Å². The maximum absolute atomic E-state index is 13.9. The van der Waals surface area contributed by atoms with Gasteiger partial charge >= 0.3 is 0 Å². The summed E-state index contributed by atoms with van der Waals surface area (Å²) in [6.07, 6.45) is 0.712. The Bertz CT molecular complexity index is 1260. The Morgan fingerprint density at radius 2 is 1.65 bits per heavy atom. The molecule has 0 radical (unpaired) electrons. The summed E-state index contributed by atoms with van der Waals surface area (Å²) in [5.41, 5.74) is 2.46. The number of halogens is 2. The molecule has 2 aliphatic rings. The largest absolute Gasteiger partial charge is 0.497 e. The first-order chi connectivity index (χ1) is 17.9. The van der Waals surface area contributed by atoms with Crippen LogP contribution in [0.5, 0.6) is 5.75 Å². The molecule has 0 aliphatic carbocycles. The molecule has 2 aliphatic heterocycles. The van der Waals surface area contributed by atoms with Gasteiger partial charge in [0.05, 0.1) is 19.1 Å². The molecule has 0 unspecified atom stereocenters. The van der Waals surface area contributed by atoms with Crippen LogP contribution in [0.3, 0.4) is 0 Å². The van der Waals surface area contributed by atoms with E-state index in [1.165, 1.54) is 12.1 Å². The zero-order valence-electron chi connectivity index (χ0n) is 20.6. The molecule has 2 heterocycles. The van der Waals surface area contributed by atoms with E-state index >= 15 is 0 Å². The summed E-state index contributed by atoms with van der Waals surface area (Å²) >= 11 is 6.17. The summed E-state index contributed by atoms with van der Waals surface area (Å²) in [5.74, 6) is -0.165. The lowest BCUT2D eigenvalue weighted by molar-refractivity contribution is -0.138. The van der Waals surface area contributed by atoms with E-state index < -0.39 is 12.0 Å². The minimum atomic E-state index is -0.534. The Labute approximate surface area is 221 Å². The standard InChI is InChI=1S/C29H29ClFN3O3/c1-37-25-11-9-23(10-12-25)34-27(35)14-13-26(28(34)20-5-7-22(31)8-6-20)29(36)33-17-15-32(16-18-33)24-4-2-3-21(30)19-24/h2-12,19,26,28H,13-18H2,1H3/t26-,28+/m0/s1. The van der Waals surface area contributed by atoms with Crippen molar-refractivity contribution in [3.63, 3.8) is 0 Å². The maximum Gasteiger partial charge on any atom is 0.228 e. The average Bonchev–Trinajstić information content (AvgIpc) is 2.93. The number of methoxy groups -OCH3 is 1. The van der Waals surface area contributed by atoms with Crippen LogP contribution in [0.25, 0.3) is 0 Å². The number of benzene rings is 3. The molecule has 0 saturated carbocycles. The molecule has 0 aromatic heterocycles. The summed E-state index contributed by atoms with van der Waals surface area (Å²) in [7, 11) is 1.59. The Morgan fingerprint density at radius 3 is 2.30 bits per heavy atom. The SMILES string of the molecule is COc1ccc(N2C(=O)CC[C@H](C(=O)N3CCN(c4cccc(Cl)c4)CC3)[C@H]2c2ccc(F)cc2)cc1. The number of hydrogen-bond acceptors (Lipinski definition) is 4. The van der Waals surface area contributed by atoms with Crippen molar-refractivity contribution >= 4 is 34.8 Å². The van der Waals surface area contributed by atoms with Gasteiger partial charge in [0, 0.05) is 49.0 Å². The van der Waals surface area contributed by atoms with E-state index in [-0.39, 0.29) is 24.1 Å². The van der Waals surface area contributed by atoms with Crippen molar-refractivity contribution < 1.29 is 18.7 Å². The molecule has 2 atom stereocenters. The van der Waals surface area contributed by atoms with E-state index in [9.17, 15) is 14.0 Å². The van der Waals surface area contributed by atoms with Crippen molar-refractivity contribution in [3.8, 4) is 5.75 Å². The van der Waals surface area contributed by atoms with Crippen LogP contribution in [-0.4, -0.2) is 50.0 Å². The first-order valence-corrected chi connectivity index (χ1v) is 12.8. The van der Waals surface area contributed by atoms with E-state index in [0.717, 1.165) is 11.3 Å². The number of carbonyl (C=O) groups is 2. The molecule has 6 nitrogen and oxygen atoms in total. The third kappa shape index (κ3) is 5.27. The summed E-state index contributed by atoms with van der Waals surface area (Å²) in [5, 5.41) is 0.684. The summed E-state index contributed by atoms with van der Waals surface area (Å²) in [6, 6.07) is 20.5. The van der Waals surface area contributed by atoms with Gasteiger partial charge in [0.2, 0.25) is 11.8 Å². The number of carbonyl (C=O) groups excluding carboxylic acids is 2. The van der Waals surface area contributed by atoms with Gasteiger partial charge in [-0.3, -0.25) is 9.59 Å². The normalized spacial score (nSPS) is 20.2. The molecule has 3 aromatic rings. The van der Waals surface area contributed by atoms with Crippen molar-refractivity contribution in [1.82, 2.24) is 4.90 Å². The number of nitrogens with zero attached hydrogens (tertiary/aromatic N) is 3. The molecule has 3 aromatic carbocycles. The van der Waals surface area contributed by atoms with Gasteiger partial charge in [-0.2, -0.15) is 0 Å². The van der Waals surface area contributed by atoms with E-state index in [2.05, 4.69) is 4.90 Å². The Hall–Kier alpha value is -3.58. The second kappa shape index (κ2) is 10.8. The number of hydrogen-bond donors (Lipinski definition) is 0. The van der Waals surface area contributed by atoms with Gasteiger partial charge in [-0.05, 0) is 66.6 Å². The average molecular weight is 522 g/mol. The minimum absolute atomic E-state index is 0.0195. The van der Waals surface area contributed by atoms with Crippen LogP contribution in [0.15, 0.2) is 72.8 Å². The lowest BCUT2D eigenvalue weighted by Crippen LogP contribution is -2.54. The summed E-state index contributed by atoms with van der Waals surface area (Å²) < 4.78 is 19.1. The van der Waals surface area contributed by atoms with Gasteiger partial charge < -0.3 is 19.4 Å². The van der Waals surface area contributed by atoms with Gasteiger partial charge in [0.1, 0.15) is 11.6 Å². The molecule has 2 amide bonds. The predicted octanol–water partition coefficient (Wildman–Crippen LogP) is 5.32. The maximum atomic E-state index is 13.9. The summed E-state index contributed by atoms with van der Waals surface area (Å²) in [6.45, 7) is 2.55. The van der Waals surface area contributed by atoms with Crippen molar-refractivity contribution in [1.29, 1.82) is 0 Å². The minimum Gasteiger partial charge on any atom is -0.497 e. The lowest BCUT2D eigenvalue weighted by Gasteiger charge is -2.44. The van der Waals surface area contributed by atoms with Gasteiger partial charge in [-0.15, -0.1) is 0 Å². The fourth-order valence-electron chi connectivity index (χ4n) is 5.33. The molecule has 0 spiro atoms. The number of rotatable bonds is 5. The van der Waals surface area contributed by atoms with Crippen LogP contribution < -0.4 is 14.5 Å². The van der Waals surface area contributed by atoms with Crippen LogP contribution >= 0.6 is 11.6 Å². The van der Waals surface area contributed by atoms with Crippen molar-refractivity contribution in [2.45, 2.75) is 18.9 Å². The Balaban J connectivity index is 1.41. The zero-order chi connectivity index (χ0) is 25.9. The molecule has 2 saturated heterocycles. The van der Waals surface area contributed by atoms with Crippen molar-refractivity contribution in [3.05, 3.63) is 89.2 Å². The molecular formula is C29H29ClFN3O3. The highest BCUT2D eigenvalue weighted by Crippen LogP contribution is 2.41. The molecule has 37 heavy (non-hydrogen) atoms. The first-order valence-electron chi connectivity index (χ1n) is 12.5. The van der Waals surface area contributed by atoms with Crippen LogP contribution in [0.4, 0.5) is 15.8 Å². The second-order valence-electron chi connectivity index (χ2n) is 9.40. The number of ether oxygens (including phenoxy) is 1. The van der Waals surface area contributed by atoms with Gasteiger partial charge in [0.15, 0.2) is 0 Å². The molecule has 2 fully saturated rings. The number of anilines is 2.